The number of carbonyl (C=O) groups is 1. The average molecular weight is 259 g/mol. The Balaban J connectivity index is 2.06. The molecule has 0 saturated carbocycles. The van der Waals surface area contributed by atoms with Crippen molar-refractivity contribution in [1.29, 1.82) is 0 Å². The molecule has 2 nitrogen and oxygen atoms in total. The molecule has 0 aliphatic rings. The zero-order valence-electron chi connectivity index (χ0n) is 9.55. The number of para-hydroxylation sites is 1. The van der Waals surface area contributed by atoms with Gasteiger partial charge in [-0.15, -0.1) is 0 Å². The van der Waals surface area contributed by atoms with E-state index in [0.29, 0.717) is 0 Å². The van der Waals surface area contributed by atoms with E-state index >= 15 is 0 Å². The van der Waals surface area contributed by atoms with E-state index in [9.17, 15) is 4.79 Å². The lowest BCUT2D eigenvalue weighted by atomic mass is 10.2. The molecule has 2 aromatic rings. The molecule has 0 radical (unpaired) electrons. The van der Waals surface area contributed by atoms with Gasteiger partial charge in [0, 0.05) is 0 Å². The Kier molecular flexibility index (Phi) is 4.15. The quantitative estimate of drug-likeness (QED) is 0.605. The molecule has 0 fully saturated rings. The Bertz CT molecular complexity index is 544. The standard InChI is InChI=1S/C15H11ClO2/c16-15(17)11-8-12-6-9-14(10-7-12)18-13-4-2-1-3-5-13/h1-11H/b11-8+. The summed E-state index contributed by atoms with van der Waals surface area (Å²) in [4.78, 5) is 10.6. The van der Waals surface area contributed by atoms with Crippen molar-refractivity contribution in [2.45, 2.75) is 0 Å². The molecule has 0 aliphatic carbocycles. The molecule has 0 spiro atoms. The maximum atomic E-state index is 10.6. The SMILES string of the molecule is O=C(Cl)/C=C/c1ccc(Oc2ccccc2)cc1. The first kappa shape index (κ1) is 12.4. The van der Waals surface area contributed by atoms with Crippen LogP contribution < -0.4 is 4.74 Å². The molecule has 3 heteroatoms. The second-order valence-electron chi connectivity index (χ2n) is 3.62. The van der Waals surface area contributed by atoms with Crippen LogP contribution in [0.25, 0.3) is 6.08 Å². The summed E-state index contributed by atoms with van der Waals surface area (Å²) in [6.45, 7) is 0. The predicted octanol–water partition coefficient (Wildman–Crippen LogP) is 4.26. The van der Waals surface area contributed by atoms with Gasteiger partial charge in [-0.05, 0) is 47.5 Å². The average Bonchev–Trinajstić information content (AvgIpc) is 2.39. The lowest BCUT2D eigenvalue weighted by Crippen LogP contribution is -1.83. The summed E-state index contributed by atoms with van der Waals surface area (Å²) in [6, 6.07) is 16.9. The van der Waals surface area contributed by atoms with Crippen molar-refractivity contribution in [2.24, 2.45) is 0 Å². The smallest absolute Gasteiger partial charge is 0.245 e. The van der Waals surface area contributed by atoms with Crippen LogP contribution in [0.2, 0.25) is 0 Å². The lowest BCUT2D eigenvalue weighted by molar-refractivity contribution is -0.107. The Morgan fingerprint density at radius 3 is 2.17 bits per heavy atom. The van der Waals surface area contributed by atoms with Gasteiger partial charge in [0.1, 0.15) is 11.5 Å². The third-order valence-electron chi connectivity index (χ3n) is 2.27. The largest absolute Gasteiger partial charge is 0.457 e. The Morgan fingerprint density at radius 2 is 1.56 bits per heavy atom. The van der Waals surface area contributed by atoms with Crippen molar-refractivity contribution in [3.63, 3.8) is 0 Å². The third kappa shape index (κ3) is 3.75. The second-order valence-corrected chi connectivity index (χ2v) is 3.99. The highest BCUT2D eigenvalue weighted by atomic mass is 35.5. The molecule has 18 heavy (non-hydrogen) atoms. The van der Waals surface area contributed by atoms with Gasteiger partial charge < -0.3 is 4.74 Å². The maximum absolute atomic E-state index is 10.6. The van der Waals surface area contributed by atoms with Gasteiger partial charge in [0.2, 0.25) is 5.24 Å². The Morgan fingerprint density at radius 1 is 0.944 bits per heavy atom. The van der Waals surface area contributed by atoms with E-state index in [-0.39, 0.29) is 0 Å². The number of hydrogen-bond acceptors (Lipinski definition) is 2. The normalized spacial score (nSPS) is 10.5. The van der Waals surface area contributed by atoms with Gasteiger partial charge in [0.05, 0.1) is 0 Å². The van der Waals surface area contributed by atoms with E-state index in [1.165, 1.54) is 6.08 Å². The number of hydrogen-bond donors (Lipinski definition) is 0. The summed E-state index contributed by atoms with van der Waals surface area (Å²) < 4.78 is 5.64. The molecule has 0 atom stereocenters. The fraction of sp³-hybridized carbons (Fsp3) is 0. The van der Waals surface area contributed by atoms with Crippen LogP contribution in [-0.2, 0) is 4.79 Å². The van der Waals surface area contributed by atoms with Crippen molar-refractivity contribution in [2.75, 3.05) is 0 Å². The Hall–Kier alpha value is -2.06. The van der Waals surface area contributed by atoms with Crippen LogP contribution in [0.3, 0.4) is 0 Å². The number of allylic oxidation sites excluding steroid dienone is 1. The van der Waals surface area contributed by atoms with Gasteiger partial charge in [-0.3, -0.25) is 4.79 Å². The monoisotopic (exact) mass is 258 g/mol. The molecule has 90 valence electrons. The molecule has 2 rings (SSSR count). The van der Waals surface area contributed by atoms with Gasteiger partial charge in [-0.1, -0.05) is 36.4 Å². The maximum Gasteiger partial charge on any atom is 0.245 e. The molecule has 0 aliphatic heterocycles. The number of benzene rings is 2. The second kappa shape index (κ2) is 6.03. The highest BCUT2D eigenvalue weighted by Gasteiger charge is 1.96. The summed E-state index contributed by atoms with van der Waals surface area (Å²) in [5.41, 5.74) is 0.893. The molecule has 0 heterocycles. The third-order valence-corrected chi connectivity index (χ3v) is 2.39. The minimum atomic E-state index is -0.486. The number of ether oxygens (including phenoxy) is 1. The topological polar surface area (TPSA) is 26.3 Å². The molecular weight excluding hydrogens is 248 g/mol. The summed E-state index contributed by atoms with van der Waals surface area (Å²) in [5, 5.41) is -0.486. The van der Waals surface area contributed by atoms with Gasteiger partial charge in [-0.2, -0.15) is 0 Å². The van der Waals surface area contributed by atoms with Gasteiger partial charge >= 0.3 is 0 Å². The minimum Gasteiger partial charge on any atom is -0.457 e. The zero-order valence-corrected chi connectivity index (χ0v) is 10.3. The highest BCUT2D eigenvalue weighted by Crippen LogP contribution is 2.21. The van der Waals surface area contributed by atoms with E-state index in [4.69, 9.17) is 16.3 Å². The van der Waals surface area contributed by atoms with Crippen molar-refractivity contribution in [1.82, 2.24) is 0 Å². The van der Waals surface area contributed by atoms with Crippen LogP contribution in [0.15, 0.2) is 60.7 Å². The van der Waals surface area contributed by atoms with Crippen LogP contribution in [0.1, 0.15) is 5.56 Å². The first-order chi connectivity index (χ1) is 8.74. The molecular formula is C15H11ClO2. The summed E-state index contributed by atoms with van der Waals surface area (Å²) >= 11 is 5.22. The predicted molar refractivity (Wildman–Crippen MR) is 72.9 cm³/mol. The van der Waals surface area contributed by atoms with Crippen LogP contribution in [-0.4, -0.2) is 5.24 Å². The molecule has 0 saturated heterocycles. The lowest BCUT2D eigenvalue weighted by Gasteiger charge is -2.05. The van der Waals surface area contributed by atoms with E-state index in [0.717, 1.165) is 17.1 Å². The van der Waals surface area contributed by atoms with Crippen LogP contribution >= 0.6 is 11.6 Å². The fourth-order valence-corrected chi connectivity index (χ4v) is 1.50. The van der Waals surface area contributed by atoms with Crippen molar-refractivity contribution < 1.29 is 9.53 Å². The van der Waals surface area contributed by atoms with E-state index < -0.39 is 5.24 Å². The summed E-state index contributed by atoms with van der Waals surface area (Å²) in [5.74, 6) is 1.53. The van der Waals surface area contributed by atoms with Crippen molar-refractivity contribution in [3.05, 3.63) is 66.2 Å². The molecule has 0 unspecified atom stereocenters. The van der Waals surface area contributed by atoms with E-state index in [2.05, 4.69) is 0 Å². The van der Waals surface area contributed by atoms with Crippen molar-refractivity contribution in [3.8, 4) is 11.5 Å². The highest BCUT2D eigenvalue weighted by molar-refractivity contribution is 6.66. The van der Waals surface area contributed by atoms with E-state index in [1.807, 2.05) is 54.6 Å². The van der Waals surface area contributed by atoms with Crippen molar-refractivity contribution >= 4 is 22.9 Å². The van der Waals surface area contributed by atoms with Gasteiger partial charge in [-0.25, -0.2) is 0 Å². The van der Waals surface area contributed by atoms with Crippen LogP contribution in [0.5, 0.6) is 11.5 Å². The molecule has 0 bridgehead atoms. The summed E-state index contributed by atoms with van der Waals surface area (Å²) in [7, 11) is 0. The molecule has 0 aromatic heterocycles. The van der Waals surface area contributed by atoms with E-state index in [1.54, 1.807) is 6.08 Å². The molecule has 0 N–H and O–H groups in total. The zero-order chi connectivity index (χ0) is 12.8. The van der Waals surface area contributed by atoms with Crippen LogP contribution in [0.4, 0.5) is 0 Å². The first-order valence-electron chi connectivity index (χ1n) is 5.44. The minimum absolute atomic E-state index is 0.486. The first-order valence-corrected chi connectivity index (χ1v) is 5.82. The number of carbonyl (C=O) groups excluding carboxylic acids is 1. The summed E-state index contributed by atoms with van der Waals surface area (Å²) in [6.07, 6.45) is 2.97. The van der Waals surface area contributed by atoms with Crippen LogP contribution in [0, 0.1) is 0 Å². The number of rotatable bonds is 4. The Labute approximate surface area is 110 Å². The molecule has 2 aromatic carbocycles. The fourth-order valence-electron chi connectivity index (χ4n) is 1.43. The van der Waals surface area contributed by atoms with Gasteiger partial charge in [0.25, 0.3) is 0 Å². The molecule has 0 amide bonds. The van der Waals surface area contributed by atoms with Gasteiger partial charge in [0.15, 0.2) is 0 Å². The number of halogens is 1.